The molecule has 1 fully saturated rings. The van der Waals surface area contributed by atoms with E-state index in [9.17, 15) is 9.59 Å². The zero-order chi connectivity index (χ0) is 16.5. The van der Waals surface area contributed by atoms with Gasteiger partial charge in [0.05, 0.1) is 13.0 Å². The molecule has 2 atom stereocenters. The topological polar surface area (TPSA) is 64.6 Å². The van der Waals surface area contributed by atoms with Gasteiger partial charge in [-0.25, -0.2) is 0 Å². The summed E-state index contributed by atoms with van der Waals surface area (Å²) in [6.45, 7) is 2.18. The smallest absolute Gasteiger partial charge is 0.309 e. The second kappa shape index (κ2) is 9.18. The van der Waals surface area contributed by atoms with Gasteiger partial charge in [-0.3, -0.25) is 9.59 Å². The molecule has 1 N–H and O–H groups in total. The number of esters is 1. The zero-order valence-corrected chi connectivity index (χ0v) is 13.6. The molecule has 0 unspecified atom stereocenters. The van der Waals surface area contributed by atoms with Gasteiger partial charge < -0.3 is 14.8 Å². The third-order valence-corrected chi connectivity index (χ3v) is 4.14. The number of rotatable bonds is 7. The maximum Gasteiger partial charge on any atom is 0.309 e. The summed E-state index contributed by atoms with van der Waals surface area (Å²) in [6, 6.07) is 9.48. The lowest BCUT2D eigenvalue weighted by Crippen LogP contribution is -2.42. The van der Waals surface area contributed by atoms with Gasteiger partial charge in [-0.2, -0.15) is 0 Å². The molecule has 1 aromatic rings. The molecule has 23 heavy (non-hydrogen) atoms. The lowest BCUT2D eigenvalue weighted by molar-refractivity contribution is -0.149. The second-order valence-electron chi connectivity index (χ2n) is 6.01. The molecule has 5 nitrogen and oxygen atoms in total. The Morgan fingerprint density at radius 2 is 1.91 bits per heavy atom. The van der Waals surface area contributed by atoms with Crippen molar-refractivity contribution in [2.75, 3.05) is 13.2 Å². The van der Waals surface area contributed by atoms with Crippen molar-refractivity contribution in [2.24, 2.45) is 5.92 Å². The van der Waals surface area contributed by atoms with E-state index in [1.54, 1.807) is 0 Å². The minimum atomic E-state index is -0.423. The molecule has 0 saturated heterocycles. The molecular formula is C18H25NO4. The van der Waals surface area contributed by atoms with Crippen molar-refractivity contribution < 1.29 is 19.1 Å². The van der Waals surface area contributed by atoms with E-state index in [0.717, 1.165) is 19.3 Å². The number of ether oxygens (including phenoxy) is 2. The molecule has 0 bridgehead atoms. The third kappa shape index (κ3) is 6.30. The van der Waals surface area contributed by atoms with Gasteiger partial charge in [-0.1, -0.05) is 38.0 Å². The fraction of sp³-hybridized carbons (Fsp3) is 0.556. The molecule has 1 amide bonds. The van der Waals surface area contributed by atoms with Crippen LogP contribution in [-0.2, 0) is 14.3 Å². The summed E-state index contributed by atoms with van der Waals surface area (Å²) in [5, 5.41) is 2.96. The lowest BCUT2D eigenvalue weighted by Gasteiger charge is -2.29. The van der Waals surface area contributed by atoms with E-state index in [1.807, 2.05) is 30.3 Å². The number of hydrogen-bond acceptors (Lipinski definition) is 4. The van der Waals surface area contributed by atoms with Gasteiger partial charge in [-0.05, 0) is 30.9 Å². The summed E-state index contributed by atoms with van der Waals surface area (Å²) in [5.41, 5.74) is 0. The van der Waals surface area contributed by atoms with Crippen LogP contribution in [0.2, 0.25) is 0 Å². The molecule has 0 radical (unpaired) electrons. The predicted molar refractivity (Wildman–Crippen MR) is 87.1 cm³/mol. The van der Waals surface area contributed by atoms with Gasteiger partial charge in [-0.15, -0.1) is 0 Å². The van der Waals surface area contributed by atoms with Crippen LogP contribution in [0.1, 0.15) is 39.0 Å². The predicted octanol–water partition coefficient (Wildman–Crippen LogP) is 2.69. The van der Waals surface area contributed by atoms with Gasteiger partial charge in [0.1, 0.15) is 5.75 Å². The molecule has 5 heteroatoms. The SMILES string of the molecule is C[C@@H]1CCCC[C@@H]1NC(=O)COC(=O)CCOc1ccccc1. The average molecular weight is 319 g/mol. The molecule has 1 aliphatic carbocycles. The van der Waals surface area contributed by atoms with Gasteiger partial charge in [0, 0.05) is 6.04 Å². The first-order valence-corrected chi connectivity index (χ1v) is 8.28. The highest BCUT2D eigenvalue weighted by molar-refractivity contribution is 5.80. The van der Waals surface area contributed by atoms with Gasteiger partial charge >= 0.3 is 5.97 Å². The van der Waals surface area contributed by atoms with Crippen LogP contribution in [0.4, 0.5) is 0 Å². The highest BCUT2D eigenvalue weighted by Gasteiger charge is 2.23. The molecular weight excluding hydrogens is 294 g/mol. The second-order valence-corrected chi connectivity index (χ2v) is 6.01. The highest BCUT2D eigenvalue weighted by Crippen LogP contribution is 2.23. The van der Waals surface area contributed by atoms with Crippen LogP contribution < -0.4 is 10.1 Å². The van der Waals surface area contributed by atoms with Crippen molar-refractivity contribution in [3.8, 4) is 5.75 Å². The summed E-state index contributed by atoms with van der Waals surface area (Å²) >= 11 is 0. The molecule has 1 saturated carbocycles. The van der Waals surface area contributed by atoms with Gasteiger partial charge in [0.2, 0.25) is 0 Å². The molecule has 126 valence electrons. The summed E-state index contributed by atoms with van der Waals surface area (Å²) in [4.78, 5) is 23.4. The summed E-state index contributed by atoms with van der Waals surface area (Å²) in [7, 11) is 0. The molecule has 0 heterocycles. The standard InChI is InChI=1S/C18H25NO4/c1-14-7-5-6-10-16(14)19-17(20)13-23-18(21)11-12-22-15-8-3-2-4-9-15/h2-4,8-9,14,16H,5-7,10-13H2,1H3,(H,19,20)/t14-,16+/m1/s1. The van der Waals surface area contributed by atoms with E-state index in [2.05, 4.69) is 12.2 Å². The van der Waals surface area contributed by atoms with Crippen molar-refractivity contribution in [2.45, 2.75) is 45.1 Å². The molecule has 2 rings (SSSR count). The van der Waals surface area contributed by atoms with Gasteiger partial charge in [0.25, 0.3) is 5.91 Å². The van der Waals surface area contributed by atoms with Crippen molar-refractivity contribution in [3.05, 3.63) is 30.3 Å². The number of nitrogens with one attached hydrogen (secondary N) is 1. The first-order chi connectivity index (χ1) is 11.1. The van der Waals surface area contributed by atoms with Crippen LogP contribution in [0.3, 0.4) is 0 Å². The van der Waals surface area contributed by atoms with Crippen LogP contribution in [0.25, 0.3) is 0 Å². The summed E-state index contributed by atoms with van der Waals surface area (Å²) in [6.07, 6.45) is 4.64. The number of carbonyl (C=O) groups excluding carboxylic acids is 2. The average Bonchev–Trinajstić information content (AvgIpc) is 2.56. The minimum Gasteiger partial charge on any atom is -0.493 e. The number of amides is 1. The van der Waals surface area contributed by atoms with E-state index in [-0.39, 0.29) is 31.6 Å². The fourth-order valence-corrected chi connectivity index (χ4v) is 2.77. The molecule has 0 aliphatic heterocycles. The summed E-state index contributed by atoms with van der Waals surface area (Å²) < 4.78 is 10.4. The molecule has 0 aromatic heterocycles. The van der Waals surface area contributed by atoms with Crippen molar-refractivity contribution in [1.29, 1.82) is 0 Å². The maximum atomic E-state index is 11.8. The van der Waals surface area contributed by atoms with E-state index >= 15 is 0 Å². The van der Waals surface area contributed by atoms with Crippen molar-refractivity contribution in [1.82, 2.24) is 5.32 Å². The number of carbonyl (C=O) groups is 2. The number of hydrogen-bond donors (Lipinski definition) is 1. The molecule has 0 spiro atoms. The van der Waals surface area contributed by atoms with E-state index < -0.39 is 5.97 Å². The van der Waals surface area contributed by atoms with Crippen LogP contribution in [0, 0.1) is 5.92 Å². The quantitative estimate of drug-likeness (QED) is 0.785. The Bertz CT molecular complexity index is 503. The van der Waals surface area contributed by atoms with Crippen LogP contribution >= 0.6 is 0 Å². The largest absolute Gasteiger partial charge is 0.493 e. The normalized spacial score (nSPS) is 20.6. The van der Waals surface area contributed by atoms with Crippen LogP contribution in [-0.4, -0.2) is 31.1 Å². The Morgan fingerprint density at radius 3 is 2.65 bits per heavy atom. The highest BCUT2D eigenvalue weighted by atomic mass is 16.5. The third-order valence-electron chi connectivity index (χ3n) is 4.14. The number of para-hydroxylation sites is 1. The Kier molecular flexibility index (Phi) is 6.91. The fourth-order valence-electron chi connectivity index (χ4n) is 2.77. The first-order valence-electron chi connectivity index (χ1n) is 8.28. The lowest BCUT2D eigenvalue weighted by atomic mass is 9.86. The van der Waals surface area contributed by atoms with Crippen molar-refractivity contribution >= 4 is 11.9 Å². The number of benzene rings is 1. The molecule has 1 aliphatic rings. The molecule has 1 aromatic carbocycles. The van der Waals surface area contributed by atoms with Crippen LogP contribution in [0.15, 0.2) is 30.3 Å². The summed E-state index contributed by atoms with van der Waals surface area (Å²) in [5.74, 6) is 0.556. The first kappa shape index (κ1) is 17.3. The Hall–Kier alpha value is -2.04. The monoisotopic (exact) mass is 319 g/mol. The van der Waals surface area contributed by atoms with Gasteiger partial charge in [0.15, 0.2) is 6.61 Å². The van der Waals surface area contributed by atoms with Crippen molar-refractivity contribution in [3.63, 3.8) is 0 Å². The van der Waals surface area contributed by atoms with E-state index in [1.165, 1.54) is 6.42 Å². The maximum absolute atomic E-state index is 11.8. The zero-order valence-electron chi connectivity index (χ0n) is 13.6. The Morgan fingerprint density at radius 1 is 1.17 bits per heavy atom. The Labute approximate surface area is 137 Å². The van der Waals surface area contributed by atoms with E-state index in [4.69, 9.17) is 9.47 Å². The Balaban J connectivity index is 1.59. The van der Waals surface area contributed by atoms with E-state index in [0.29, 0.717) is 11.7 Å². The van der Waals surface area contributed by atoms with Crippen LogP contribution in [0.5, 0.6) is 5.75 Å². The minimum absolute atomic E-state index is 0.127.